The van der Waals surface area contributed by atoms with Gasteiger partial charge in [-0.15, -0.1) is 0 Å². The standard InChI is InChI=1S/C19H29Cl2NO/c1-4-11-23-16-7-9-22(10-8-16)13-17(14(2)3)15-5-6-18(20)19(21)12-15/h5-6,12,14,16-17H,4,7-11,13H2,1-3H3. The van der Waals surface area contributed by atoms with Gasteiger partial charge in [-0.05, 0) is 48.8 Å². The molecule has 0 radical (unpaired) electrons. The molecule has 1 aromatic carbocycles. The number of ether oxygens (including phenoxy) is 1. The fourth-order valence-electron chi connectivity index (χ4n) is 3.27. The van der Waals surface area contributed by atoms with E-state index in [2.05, 4.69) is 31.7 Å². The van der Waals surface area contributed by atoms with Gasteiger partial charge in [-0.25, -0.2) is 0 Å². The Balaban J connectivity index is 1.94. The SMILES string of the molecule is CCCOC1CCN(CC(c2ccc(Cl)c(Cl)c2)C(C)C)CC1. The van der Waals surface area contributed by atoms with Crippen LogP contribution in [0.1, 0.15) is 51.5 Å². The Labute approximate surface area is 151 Å². The molecule has 0 N–H and O–H groups in total. The summed E-state index contributed by atoms with van der Waals surface area (Å²) < 4.78 is 5.89. The van der Waals surface area contributed by atoms with Gasteiger partial charge in [0.25, 0.3) is 0 Å². The van der Waals surface area contributed by atoms with E-state index in [-0.39, 0.29) is 0 Å². The van der Waals surface area contributed by atoms with Gasteiger partial charge >= 0.3 is 0 Å². The highest BCUT2D eigenvalue weighted by Gasteiger charge is 2.24. The average Bonchev–Trinajstić information content (AvgIpc) is 2.54. The van der Waals surface area contributed by atoms with Crippen molar-refractivity contribution in [1.29, 1.82) is 0 Å². The predicted octanol–water partition coefficient (Wildman–Crippen LogP) is 5.62. The molecule has 2 nitrogen and oxygen atoms in total. The lowest BCUT2D eigenvalue weighted by atomic mass is 9.87. The van der Waals surface area contributed by atoms with Crippen LogP contribution >= 0.6 is 23.2 Å². The summed E-state index contributed by atoms with van der Waals surface area (Å²) in [5.41, 5.74) is 1.29. The fourth-order valence-corrected chi connectivity index (χ4v) is 3.57. The van der Waals surface area contributed by atoms with Crippen molar-refractivity contribution in [2.24, 2.45) is 5.92 Å². The third-order valence-corrected chi connectivity index (χ3v) is 5.46. The molecule has 1 aromatic rings. The zero-order chi connectivity index (χ0) is 16.8. The molecule has 0 bridgehead atoms. The zero-order valence-electron chi connectivity index (χ0n) is 14.5. The highest BCUT2D eigenvalue weighted by Crippen LogP contribution is 2.31. The number of nitrogens with zero attached hydrogens (tertiary/aromatic N) is 1. The Bertz CT molecular complexity index is 484. The molecule has 1 saturated heterocycles. The van der Waals surface area contributed by atoms with Crippen LogP contribution in [0.5, 0.6) is 0 Å². The van der Waals surface area contributed by atoms with Crippen molar-refractivity contribution in [3.63, 3.8) is 0 Å². The number of likely N-dealkylation sites (tertiary alicyclic amines) is 1. The van der Waals surface area contributed by atoms with Crippen molar-refractivity contribution in [1.82, 2.24) is 4.90 Å². The van der Waals surface area contributed by atoms with Crippen LogP contribution in [0.2, 0.25) is 10.0 Å². The summed E-state index contributed by atoms with van der Waals surface area (Å²) in [4.78, 5) is 2.57. The summed E-state index contributed by atoms with van der Waals surface area (Å²) in [7, 11) is 0. The van der Waals surface area contributed by atoms with Crippen LogP contribution in [0.4, 0.5) is 0 Å². The molecule has 0 saturated carbocycles. The predicted molar refractivity (Wildman–Crippen MR) is 99.7 cm³/mol. The number of hydrogen-bond acceptors (Lipinski definition) is 2. The van der Waals surface area contributed by atoms with Crippen LogP contribution in [-0.4, -0.2) is 37.2 Å². The highest BCUT2D eigenvalue weighted by molar-refractivity contribution is 6.42. The van der Waals surface area contributed by atoms with Crippen LogP contribution in [0.25, 0.3) is 0 Å². The van der Waals surface area contributed by atoms with E-state index >= 15 is 0 Å². The van der Waals surface area contributed by atoms with Gasteiger partial charge in [-0.2, -0.15) is 0 Å². The van der Waals surface area contributed by atoms with Gasteiger partial charge in [0.05, 0.1) is 16.1 Å². The van der Waals surface area contributed by atoms with E-state index in [4.69, 9.17) is 27.9 Å². The molecule has 1 aliphatic rings. The lowest BCUT2D eigenvalue weighted by molar-refractivity contribution is 0.00595. The van der Waals surface area contributed by atoms with Crippen LogP contribution in [0.3, 0.4) is 0 Å². The van der Waals surface area contributed by atoms with E-state index in [0.29, 0.717) is 28.0 Å². The maximum atomic E-state index is 6.21. The van der Waals surface area contributed by atoms with E-state index < -0.39 is 0 Å². The Hall–Kier alpha value is -0.280. The highest BCUT2D eigenvalue weighted by atomic mass is 35.5. The lowest BCUT2D eigenvalue weighted by Crippen LogP contribution is -2.40. The Morgan fingerprint density at radius 1 is 1.17 bits per heavy atom. The molecule has 1 atom stereocenters. The summed E-state index contributed by atoms with van der Waals surface area (Å²) in [6, 6.07) is 6.07. The Morgan fingerprint density at radius 3 is 2.43 bits per heavy atom. The molecule has 0 spiro atoms. The molecule has 0 aliphatic carbocycles. The first kappa shape index (κ1) is 19.1. The van der Waals surface area contributed by atoms with Crippen molar-refractivity contribution >= 4 is 23.2 Å². The number of hydrogen-bond donors (Lipinski definition) is 0. The largest absolute Gasteiger partial charge is 0.378 e. The molecule has 23 heavy (non-hydrogen) atoms. The van der Waals surface area contributed by atoms with Crippen molar-refractivity contribution in [3.8, 4) is 0 Å². The van der Waals surface area contributed by atoms with Crippen molar-refractivity contribution < 1.29 is 4.74 Å². The van der Waals surface area contributed by atoms with Gasteiger partial charge in [0.2, 0.25) is 0 Å². The molecule has 1 aliphatic heterocycles. The molecule has 4 heteroatoms. The minimum atomic E-state index is 0.452. The topological polar surface area (TPSA) is 12.5 Å². The van der Waals surface area contributed by atoms with Gasteiger partial charge in [-0.3, -0.25) is 0 Å². The molecule has 130 valence electrons. The Kier molecular flexibility index (Phi) is 7.68. The molecule has 1 fully saturated rings. The van der Waals surface area contributed by atoms with Gasteiger partial charge in [-0.1, -0.05) is 50.0 Å². The second-order valence-corrected chi connectivity index (χ2v) is 7.71. The van der Waals surface area contributed by atoms with Crippen molar-refractivity contribution in [3.05, 3.63) is 33.8 Å². The first-order valence-corrected chi connectivity index (χ1v) is 9.55. The second-order valence-electron chi connectivity index (χ2n) is 6.89. The summed E-state index contributed by atoms with van der Waals surface area (Å²) in [6.45, 7) is 10.9. The van der Waals surface area contributed by atoms with E-state index in [1.807, 2.05) is 12.1 Å². The van der Waals surface area contributed by atoms with Crippen LogP contribution in [-0.2, 0) is 4.74 Å². The van der Waals surface area contributed by atoms with E-state index in [9.17, 15) is 0 Å². The molecule has 0 amide bonds. The third-order valence-electron chi connectivity index (χ3n) is 4.72. The maximum absolute atomic E-state index is 6.21. The zero-order valence-corrected chi connectivity index (χ0v) is 16.0. The van der Waals surface area contributed by atoms with Crippen LogP contribution in [0.15, 0.2) is 18.2 Å². The normalized spacial score (nSPS) is 18.5. The summed E-state index contributed by atoms with van der Waals surface area (Å²) >= 11 is 12.3. The van der Waals surface area contributed by atoms with E-state index in [0.717, 1.165) is 45.5 Å². The monoisotopic (exact) mass is 357 g/mol. The van der Waals surface area contributed by atoms with Gasteiger partial charge in [0, 0.05) is 26.2 Å². The minimum absolute atomic E-state index is 0.452. The number of benzene rings is 1. The number of piperidine rings is 1. The van der Waals surface area contributed by atoms with Crippen molar-refractivity contribution in [2.45, 2.75) is 52.1 Å². The Morgan fingerprint density at radius 2 is 1.87 bits per heavy atom. The number of halogens is 2. The molecular weight excluding hydrogens is 329 g/mol. The molecule has 1 heterocycles. The summed E-state index contributed by atoms with van der Waals surface area (Å²) in [6.07, 6.45) is 3.85. The fraction of sp³-hybridized carbons (Fsp3) is 0.684. The van der Waals surface area contributed by atoms with Crippen LogP contribution in [0, 0.1) is 5.92 Å². The molecule has 2 rings (SSSR count). The second kappa shape index (κ2) is 9.27. The number of rotatable bonds is 7. The van der Waals surface area contributed by atoms with Crippen LogP contribution < -0.4 is 0 Å². The van der Waals surface area contributed by atoms with E-state index in [1.54, 1.807) is 0 Å². The molecular formula is C19H29Cl2NO. The summed E-state index contributed by atoms with van der Waals surface area (Å²) in [5.74, 6) is 1.05. The third kappa shape index (κ3) is 5.63. The quantitative estimate of drug-likeness (QED) is 0.627. The molecule has 1 unspecified atom stereocenters. The van der Waals surface area contributed by atoms with Gasteiger partial charge < -0.3 is 9.64 Å². The first-order valence-electron chi connectivity index (χ1n) is 8.80. The minimum Gasteiger partial charge on any atom is -0.378 e. The average molecular weight is 358 g/mol. The van der Waals surface area contributed by atoms with Gasteiger partial charge in [0.15, 0.2) is 0 Å². The summed E-state index contributed by atoms with van der Waals surface area (Å²) in [5, 5.41) is 1.29. The lowest BCUT2D eigenvalue weighted by Gasteiger charge is -2.35. The first-order chi connectivity index (χ1) is 11.0. The molecule has 0 aromatic heterocycles. The van der Waals surface area contributed by atoms with E-state index in [1.165, 1.54) is 5.56 Å². The van der Waals surface area contributed by atoms with Crippen molar-refractivity contribution in [2.75, 3.05) is 26.2 Å². The van der Waals surface area contributed by atoms with Gasteiger partial charge in [0.1, 0.15) is 0 Å². The smallest absolute Gasteiger partial charge is 0.0599 e. The maximum Gasteiger partial charge on any atom is 0.0599 e.